The summed E-state index contributed by atoms with van der Waals surface area (Å²) in [7, 11) is -4.04. The fourth-order valence-electron chi connectivity index (χ4n) is 1.26. The molecule has 1 saturated carbocycles. The van der Waals surface area contributed by atoms with E-state index in [0.29, 0.717) is 18.2 Å². The van der Waals surface area contributed by atoms with Crippen LogP contribution in [0.2, 0.25) is 0 Å². The molecule has 1 fully saturated rings. The summed E-state index contributed by atoms with van der Waals surface area (Å²) in [5.41, 5.74) is 0. The molecule has 1 aliphatic rings. The van der Waals surface area contributed by atoms with Crippen LogP contribution in [0, 0.1) is 0 Å². The molecule has 0 aromatic carbocycles. The van der Waals surface area contributed by atoms with Crippen molar-refractivity contribution in [3.63, 3.8) is 0 Å². The maximum Gasteiger partial charge on any atom is 0.439 e. The standard InChI is InChI=1S/C8H12N2O5S/c1-2-16(13,14)10(9)8(12)15-7-4-3-6(11)5-7/h2,7H,1,3-5,9H2. The second kappa shape index (κ2) is 4.62. The largest absolute Gasteiger partial charge is 0.444 e. The molecule has 2 N–H and O–H groups in total. The van der Waals surface area contributed by atoms with Crippen molar-refractivity contribution in [3.8, 4) is 0 Å². The molecule has 1 amide bonds. The van der Waals surface area contributed by atoms with Crippen LogP contribution in [0.25, 0.3) is 0 Å². The van der Waals surface area contributed by atoms with Crippen molar-refractivity contribution >= 4 is 21.9 Å². The van der Waals surface area contributed by atoms with Gasteiger partial charge in [0.15, 0.2) is 0 Å². The number of nitrogens with two attached hydrogens (primary N) is 1. The highest BCUT2D eigenvalue weighted by atomic mass is 32.2. The van der Waals surface area contributed by atoms with E-state index in [0.717, 1.165) is 0 Å². The molecule has 1 unspecified atom stereocenters. The zero-order chi connectivity index (χ0) is 12.3. The SMILES string of the molecule is C=CS(=O)(=O)N(N)C(=O)OC1CCC(=O)C1. The lowest BCUT2D eigenvalue weighted by molar-refractivity contribution is -0.117. The summed E-state index contributed by atoms with van der Waals surface area (Å²) in [6.07, 6.45) is -0.970. The van der Waals surface area contributed by atoms with Crippen molar-refractivity contribution in [1.29, 1.82) is 0 Å². The van der Waals surface area contributed by atoms with E-state index in [1.54, 1.807) is 0 Å². The predicted molar refractivity (Wildman–Crippen MR) is 54.3 cm³/mol. The van der Waals surface area contributed by atoms with E-state index >= 15 is 0 Å². The highest BCUT2D eigenvalue weighted by molar-refractivity contribution is 7.92. The summed E-state index contributed by atoms with van der Waals surface area (Å²) >= 11 is 0. The molecule has 0 aromatic heterocycles. The molecule has 0 aromatic rings. The van der Waals surface area contributed by atoms with Crippen molar-refractivity contribution in [2.75, 3.05) is 0 Å². The van der Waals surface area contributed by atoms with Gasteiger partial charge in [0.25, 0.3) is 10.0 Å². The van der Waals surface area contributed by atoms with Crippen LogP contribution in [0.5, 0.6) is 0 Å². The van der Waals surface area contributed by atoms with E-state index in [1.807, 2.05) is 0 Å². The average molecular weight is 248 g/mol. The van der Waals surface area contributed by atoms with E-state index in [4.69, 9.17) is 10.6 Å². The number of Topliss-reactive ketones (excluding diaryl/α,β-unsaturated/α-hetero) is 1. The summed E-state index contributed by atoms with van der Waals surface area (Å²) in [5.74, 6) is 5.01. The molecular formula is C8H12N2O5S. The van der Waals surface area contributed by atoms with Gasteiger partial charge in [-0.15, -0.1) is 4.41 Å². The lowest BCUT2D eigenvalue weighted by atomic mass is 10.3. The zero-order valence-electron chi connectivity index (χ0n) is 8.46. The number of sulfonamides is 1. The third-order valence-corrected chi connectivity index (χ3v) is 3.25. The Hall–Kier alpha value is -1.41. The van der Waals surface area contributed by atoms with Gasteiger partial charge in [-0.3, -0.25) is 4.79 Å². The minimum atomic E-state index is -4.04. The second-order valence-corrected chi connectivity index (χ2v) is 5.05. The highest BCUT2D eigenvalue weighted by Crippen LogP contribution is 2.19. The molecule has 0 spiro atoms. The number of ether oxygens (including phenoxy) is 1. The Morgan fingerprint density at radius 3 is 2.69 bits per heavy atom. The van der Waals surface area contributed by atoms with Crippen LogP contribution in [-0.4, -0.2) is 30.8 Å². The fourth-order valence-corrected chi connectivity index (χ4v) is 1.67. The van der Waals surface area contributed by atoms with E-state index in [9.17, 15) is 18.0 Å². The number of ketones is 1. The molecule has 0 saturated heterocycles. The van der Waals surface area contributed by atoms with E-state index in [2.05, 4.69) is 6.58 Å². The minimum Gasteiger partial charge on any atom is -0.444 e. The average Bonchev–Trinajstić information content (AvgIpc) is 2.62. The quantitative estimate of drug-likeness (QED) is 0.424. The van der Waals surface area contributed by atoms with Crippen LogP contribution in [0.15, 0.2) is 12.0 Å². The molecule has 0 aliphatic heterocycles. The first kappa shape index (κ1) is 12.7. The summed E-state index contributed by atoms with van der Waals surface area (Å²) in [6, 6.07) is 0. The van der Waals surface area contributed by atoms with Crippen molar-refractivity contribution < 1.29 is 22.7 Å². The topological polar surface area (TPSA) is 107 Å². The molecule has 90 valence electrons. The van der Waals surface area contributed by atoms with Gasteiger partial charge in [0.1, 0.15) is 11.9 Å². The van der Waals surface area contributed by atoms with Gasteiger partial charge in [-0.1, -0.05) is 6.58 Å². The monoisotopic (exact) mass is 248 g/mol. The Kier molecular flexibility index (Phi) is 3.66. The molecule has 7 nitrogen and oxygen atoms in total. The summed E-state index contributed by atoms with van der Waals surface area (Å²) in [5, 5.41) is 0.536. The number of rotatable bonds is 3. The Labute approximate surface area is 92.9 Å². The molecule has 0 radical (unpaired) electrons. The number of carbonyl (C=O) groups excluding carboxylic acids is 2. The molecule has 1 rings (SSSR count). The maximum atomic E-state index is 11.3. The van der Waals surface area contributed by atoms with E-state index in [1.165, 1.54) is 0 Å². The predicted octanol–water partition coefficient (Wildman–Crippen LogP) is -0.106. The van der Waals surface area contributed by atoms with Crippen LogP contribution in [0.4, 0.5) is 4.79 Å². The van der Waals surface area contributed by atoms with Crippen LogP contribution >= 0.6 is 0 Å². The first-order valence-corrected chi connectivity index (χ1v) is 6.02. The molecule has 1 aliphatic carbocycles. The maximum absolute atomic E-state index is 11.3. The second-order valence-electron chi connectivity index (χ2n) is 3.29. The molecule has 1 atom stereocenters. The number of nitrogens with zero attached hydrogens (tertiary/aromatic N) is 1. The Morgan fingerprint density at radius 1 is 1.62 bits per heavy atom. The van der Waals surface area contributed by atoms with E-state index < -0.39 is 22.2 Å². The lowest BCUT2D eigenvalue weighted by Crippen LogP contribution is -2.42. The molecule has 0 bridgehead atoms. The van der Waals surface area contributed by atoms with E-state index in [-0.39, 0.29) is 16.6 Å². The smallest absolute Gasteiger partial charge is 0.439 e. The Morgan fingerprint density at radius 2 is 2.25 bits per heavy atom. The number of carbonyl (C=O) groups is 2. The van der Waals surface area contributed by atoms with Gasteiger partial charge in [0.05, 0.1) is 0 Å². The molecule has 16 heavy (non-hydrogen) atoms. The highest BCUT2D eigenvalue weighted by Gasteiger charge is 2.30. The van der Waals surface area contributed by atoms with Crippen molar-refractivity contribution in [1.82, 2.24) is 4.41 Å². The molecule has 0 heterocycles. The van der Waals surface area contributed by atoms with Crippen molar-refractivity contribution in [2.45, 2.75) is 25.4 Å². The first-order valence-electron chi connectivity index (χ1n) is 4.51. The number of hydrazine groups is 1. The van der Waals surface area contributed by atoms with Crippen molar-refractivity contribution in [2.24, 2.45) is 5.84 Å². The zero-order valence-corrected chi connectivity index (χ0v) is 9.27. The van der Waals surface area contributed by atoms with Crippen LogP contribution in [-0.2, 0) is 19.6 Å². The molecule has 8 heteroatoms. The summed E-state index contributed by atoms with van der Waals surface area (Å²) < 4.78 is 26.9. The number of hydrogen-bond donors (Lipinski definition) is 1. The fraction of sp³-hybridized carbons (Fsp3) is 0.500. The summed E-state index contributed by atoms with van der Waals surface area (Å²) in [4.78, 5) is 22.1. The Bertz CT molecular complexity index is 416. The number of hydrogen-bond acceptors (Lipinski definition) is 6. The summed E-state index contributed by atoms with van der Waals surface area (Å²) in [6.45, 7) is 3.01. The Balaban J connectivity index is 2.59. The minimum absolute atomic E-state index is 0.0204. The van der Waals surface area contributed by atoms with Crippen molar-refractivity contribution in [3.05, 3.63) is 12.0 Å². The van der Waals surface area contributed by atoms with Gasteiger partial charge in [-0.05, 0) is 6.42 Å². The van der Waals surface area contributed by atoms with Crippen LogP contribution in [0.3, 0.4) is 0 Å². The third kappa shape index (κ3) is 2.80. The van der Waals surface area contributed by atoms with Gasteiger partial charge >= 0.3 is 6.09 Å². The van der Waals surface area contributed by atoms with Crippen LogP contribution in [0.1, 0.15) is 19.3 Å². The number of amides is 1. The van der Waals surface area contributed by atoms with Gasteiger partial charge in [-0.25, -0.2) is 19.1 Å². The molecular weight excluding hydrogens is 236 g/mol. The normalized spacial score (nSPS) is 20.6. The van der Waals surface area contributed by atoms with Gasteiger partial charge < -0.3 is 4.74 Å². The first-order chi connectivity index (χ1) is 7.36. The lowest BCUT2D eigenvalue weighted by Gasteiger charge is -2.16. The van der Waals surface area contributed by atoms with Gasteiger partial charge in [0.2, 0.25) is 0 Å². The third-order valence-electron chi connectivity index (χ3n) is 2.13. The van der Waals surface area contributed by atoms with Gasteiger partial charge in [-0.2, -0.15) is 0 Å². The van der Waals surface area contributed by atoms with Crippen LogP contribution < -0.4 is 5.84 Å². The van der Waals surface area contributed by atoms with Gasteiger partial charge in [0, 0.05) is 18.2 Å².